The van der Waals surface area contributed by atoms with E-state index in [1.807, 2.05) is 29.1 Å². The van der Waals surface area contributed by atoms with Gasteiger partial charge in [-0.05, 0) is 44.6 Å². The number of rotatable bonds is 8. The molecule has 3 aromatic heterocycles. The van der Waals surface area contributed by atoms with E-state index in [2.05, 4.69) is 45.1 Å². The fraction of sp³-hybridized carbons (Fsp3) is 0.474. The molecule has 0 bridgehead atoms. The molecular formula is C19H24N6OS2. The number of carbonyl (C=O) groups is 1. The topological polar surface area (TPSA) is 77.6 Å². The molecule has 0 aromatic carbocycles. The summed E-state index contributed by atoms with van der Waals surface area (Å²) in [6.45, 7) is 6.10. The number of hydrogen-bond acceptors (Lipinski definition) is 6. The molecule has 1 saturated carbocycles. The fourth-order valence-corrected chi connectivity index (χ4v) is 4.59. The van der Waals surface area contributed by atoms with Crippen LogP contribution in [0.5, 0.6) is 0 Å². The van der Waals surface area contributed by atoms with Gasteiger partial charge in [0.15, 0.2) is 11.0 Å². The summed E-state index contributed by atoms with van der Waals surface area (Å²) in [7, 11) is 0. The van der Waals surface area contributed by atoms with Gasteiger partial charge in [0.1, 0.15) is 5.82 Å². The zero-order valence-corrected chi connectivity index (χ0v) is 17.8. The molecule has 0 radical (unpaired) electrons. The molecule has 3 aromatic rings. The number of anilines is 1. The summed E-state index contributed by atoms with van der Waals surface area (Å²) < 4.78 is 4.06. The Morgan fingerprint density at radius 3 is 2.86 bits per heavy atom. The van der Waals surface area contributed by atoms with Gasteiger partial charge in [0, 0.05) is 12.1 Å². The maximum absolute atomic E-state index is 12.8. The molecule has 0 unspecified atom stereocenters. The van der Waals surface area contributed by atoms with Crippen molar-refractivity contribution >= 4 is 34.8 Å². The normalized spacial score (nSPS) is 16.1. The maximum atomic E-state index is 12.8. The van der Waals surface area contributed by atoms with Crippen LogP contribution in [0.1, 0.15) is 52.1 Å². The zero-order valence-electron chi connectivity index (χ0n) is 16.2. The lowest BCUT2D eigenvalue weighted by Gasteiger charge is -2.16. The average molecular weight is 417 g/mol. The largest absolute Gasteiger partial charge is 0.310 e. The van der Waals surface area contributed by atoms with Gasteiger partial charge in [-0.2, -0.15) is 5.10 Å². The third-order valence-corrected chi connectivity index (χ3v) is 6.82. The van der Waals surface area contributed by atoms with E-state index in [1.165, 1.54) is 11.8 Å². The van der Waals surface area contributed by atoms with Crippen LogP contribution in [0.3, 0.4) is 0 Å². The Morgan fingerprint density at radius 1 is 1.36 bits per heavy atom. The predicted octanol–water partition coefficient (Wildman–Crippen LogP) is 4.63. The number of thioether (sulfide) groups is 1. The Morgan fingerprint density at radius 2 is 2.18 bits per heavy atom. The first-order valence-electron chi connectivity index (χ1n) is 9.58. The van der Waals surface area contributed by atoms with Gasteiger partial charge in [0.2, 0.25) is 5.91 Å². The molecule has 2 atom stereocenters. The lowest BCUT2D eigenvalue weighted by atomic mass is 10.3. The van der Waals surface area contributed by atoms with Crippen LogP contribution in [0.25, 0.3) is 10.7 Å². The van der Waals surface area contributed by atoms with Crippen LogP contribution in [0.2, 0.25) is 0 Å². The van der Waals surface area contributed by atoms with Crippen LogP contribution >= 0.6 is 23.1 Å². The first-order valence-corrected chi connectivity index (χ1v) is 11.3. The highest BCUT2D eigenvalue weighted by Crippen LogP contribution is 2.42. The van der Waals surface area contributed by atoms with E-state index < -0.39 is 0 Å². The first kappa shape index (κ1) is 19.2. The molecule has 9 heteroatoms. The van der Waals surface area contributed by atoms with Crippen molar-refractivity contribution in [1.29, 1.82) is 0 Å². The van der Waals surface area contributed by atoms with Crippen LogP contribution in [-0.4, -0.2) is 35.7 Å². The summed E-state index contributed by atoms with van der Waals surface area (Å²) in [6, 6.07) is 6.60. The minimum atomic E-state index is -0.293. The quantitative estimate of drug-likeness (QED) is 0.542. The van der Waals surface area contributed by atoms with Crippen molar-refractivity contribution in [1.82, 2.24) is 24.5 Å². The monoisotopic (exact) mass is 416 g/mol. The van der Waals surface area contributed by atoms with Gasteiger partial charge in [-0.3, -0.25) is 9.36 Å². The van der Waals surface area contributed by atoms with Crippen molar-refractivity contribution in [3.63, 3.8) is 0 Å². The van der Waals surface area contributed by atoms with E-state index >= 15 is 0 Å². The average Bonchev–Trinajstić information content (AvgIpc) is 3.10. The second-order valence-corrected chi connectivity index (χ2v) is 9.31. The Balaban J connectivity index is 1.49. The number of nitrogens with zero attached hydrogens (tertiary/aromatic N) is 5. The highest BCUT2D eigenvalue weighted by atomic mass is 32.2. The number of carbonyl (C=O) groups excluding carboxylic acids is 1. The summed E-state index contributed by atoms with van der Waals surface area (Å²) in [5.41, 5.74) is 0. The molecule has 1 N–H and O–H groups in total. The second-order valence-electron chi connectivity index (χ2n) is 7.05. The van der Waals surface area contributed by atoms with Crippen LogP contribution in [0.4, 0.5) is 5.82 Å². The molecule has 1 aliphatic carbocycles. The summed E-state index contributed by atoms with van der Waals surface area (Å²) >= 11 is 3.12. The molecule has 0 aliphatic heterocycles. The molecule has 3 heterocycles. The van der Waals surface area contributed by atoms with Crippen molar-refractivity contribution in [2.75, 3.05) is 5.32 Å². The minimum absolute atomic E-state index is 0.0573. The van der Waals surface area contributed by atoms with Gasteiger partial charge in [0.25, 0.3) is 0 Å². The molecular weight excluding hydrogens is 392 g/mol. The number of amides is 1. The molecule has 148 valence electrons. The first-order chi connectivity index (χ1) is 13.6. The molecule has 1 amide bonds. The summed E-state index contributed by atoms with van der Waals surface area (Å²) in [5, 5.41) is 18.7. The van der Waals surface area contributed by atoms with E-state index in [0.717, 1.165) is 40.9 Å². The Labute approximate surface area is 172 Å². The Bertz CT molecular complexity index is 944. The van der Waals surface area contributed by atoms with E-state index in [9.17, 15) is 4.79 Å². The lowest BCUT2D eigenvalue weighted by molar-refractivity contribution is -0.115. The SMILES string of the molecule is CC[C@H](C)n1nccc1NC(=O)[C@@H](C)Sc1nnc(-c2cccs2)n1C1CC1. The lowest BCUT2D eigenvalue weighted by Crippen LogP contribution is -2.25. The van der Waals surface area contributed by atoms with Crippen LogP contribution < -0.4 is 5.32 Å². The number of aromatic nitrogens is 5. The van der Waals surface area contributed by atoms with E-state index in [1.54, 1.807) is 17.5 Å². The van der Waals surface area contributed by atoms with E-state index in [4.69, 9.17) is 0 Å². The van der Waals surface area contributed by atoms with Crippen molar-refractivity contribution in [3.05, 3.63) is 29.8 Å². The van der Waals surface area contributed by atoms with Gasteiger partial charge >= 0.3 is 0 Å². The summed E-state index contributed by atoms with van der Waals surface area (Å²) in [4.78, 5) is 13.9. The molecule has 0 spiro atoms. The van der Waals surface area contributed by atoms with Crippen molar-refractivity contribution in [3.8, 4) is 10.7 Å². The highest BCUT2D eigenvalue weighted by Gasteiger charge is 2.32. The predicted molar refractivity (Wildman–Crippen MR) is 113 cm³/mol. The maximum Gasteiger partial charge on any atom is 0.238 e. The summed E-state index contributed by atoms with van der Waals surface area (Å²) in [5.74, 6) is 1.58. The minimum Gasteiger partial charge on any atom is -0.310 e. The van der Waals surface area contributed by atoms with Gasteiger partial charge in [-0.1, -0.05) is 24.8 Å². The highest BCUT2D eigenvalue weighted by molar-refractivity contribution is 8.00. The third-order valence-electron chi connectivity index (χ3n) is 4.90. The van der Waals surface area contributed by atoms with Gasteiger partial charge in [-0.25, -0.2) is 4.68 Å². The van der Waals surface area contributed by atoms with Crippen LogP contribution in [-0.2, 0) is 4.79 Å². The number of hydrogen-bond donors (Lipinski definition) is 1. The zero-order chi connectivity index (χ0) is 19.7. The third kappa shape index (κ3) is 3.86. The molecule has 0 saturated heterocycles. The smallest absolute Gasteiger partial charge is 0.238 e. The van der Waals surface area contributed by atoms with Crippen molar-refractivity contribution in [2.45, 2.75) is 62.5 Å². The van der Waals surface area contributed by atoms with Crippen molar-refractivity contribution < 1.29 is 4.79 Å². The molecule has 28 heavy (non-hydrogen) atoms. The van der Waals surface area contributed by atoms with Gasteiger partial charge in [0.05, 0.1) is 22.4 Å². The van der Waals surface area contributed by atoms with Crippen LogP contribution in [0, 0.1) is 0 Å². The second kappa shape index (κ2) is 8.08. The standard InChI is InChI=1S/C19H24N6OS2/c1-4-12(2)25-16(9-10-20-25)21-18(26)13(3)28-19-23-22-17(15-6-5-11-27-15)24(19)14-7-8-14/h5-6,9-14H,4,7-8H2,1-3H3,(H,21,26)/t12-,13+/m0/s1. The molecule has 4 rings (SSSR count). The number of thiophene rings is 1. The van der Waals surface area contributed by atoms with Crippen LogP contribution in [0.15, 0.2) is 34.9 Å². The van der Waals surface area contributed by atoms with E-state index in [0.29, 0.717) is 6.04 Å². The molecule has 1 aliphatic rings. The fourth-order valence-electron chi connectivity index (χ4n) is 2.97. The van der Waals surface area contributed by atoms with Crippen molar-refractivity contribution in [2.24, 2.45) is 0 Å². The Hall–Kier alpha value is -2.13. The number of nitrogens with one attached hydrogen (secondary N) is 1. The molecule has 7 nitrogen and oxygen atoms in total. The van der Waals surface area contributed by atoms with Gasteiger partial charge < -0.3 is 5.32 Å². The summed E-state index contributed by atoms with van der Waals surface area (Å²) in [6.07, 6.45) is 4.94. The molecule has 1 fully saturated rings. The van der Waals surface area contributed by atoms with E-state index in [-0.39, 0.29) is 17.2 Å². The van der Waals surface area contributed by atoms with Gasteiger partial charge in [-0.15, -0.1) is 21.5 Å². The Kier molecular flexibility index (Phi) is 5.54.